The molecule has 0 radical (unpaired) electrons. The minimum Gasteiger partial charge on any atom is -0.441 e. The summed E-state index contributed by atoms with van der Waals surface area (Å²) in [6, 6.07) is 9.57. The van der Waals surface area contributed by atoms with Gasteiger partial charge in [0.15, 0.2) is 5.69 Å². The number of H-pyrrole nitrogens is 1. The van der Waals surface area contributed by atoms with E-state index in [2.05, 4.69) is 19.9 Å². The quantitative estimate of drug-likeness (QED) is 0.498. The Kier molecular flexibility index (Phi) is 5.59. The molecule has 0 spiro atoms. The number of aryl methyl sites for hydroxylation is 3. The van der Waals surface area contributed by atoms with Gasteiger partial charge in [-0.25, -0.2) is 9.97 Å². The Hall–Kier alpha value is -3.30. The van der Waals surface area contributed by atoms with Gasteiger partial charge in [0.05, 0.1) is 11.9 Å². The molecule has 170 valence electrons. The molecule has 1 aromatic carbocycles. The number of carbonyl (C=O) groups is 1. The van der Waals surface area contributed by atoms with E-state index in [0.29, 0.717) is 61.3 Å². The second-order valence-corrected chi connectivity index (χ2v) is 9.54. The van der Waals surface area contributed by atoms with E-state index in [1.54, 1.807) is 18.3 Å². The lowest BCUT2D eigenvalue weighted by molar-refractivity contribution is 0.0619. The Balaban J connectivity index is 1.25. The monoisotopic (exact) mass is 463 g/mol. The number of aromatic nitrogens is 3. The third-order valence-electron chi connectivity index (χ3n) is 6.14. The average molecular weight is 464 g/mol. The lowest BCUT2D eigenvalue weighted by atomic mass is 10.2. The van der Waals surface area contributed by atoms with Crippen molar-refractivity contribution in [1.82, 2.24) is 24.8 Å². The van der Waals surface area contributed by atoms with Gasteiger partial charge in [-0.2, -0.15) is 0 Å². The number of benzene rings is 1. The van der Waals surface area contributed by atoms with E-state index in [-0.39, 0.29) is 11.5 Å². The molecule has 1 aliphatic rings. The van der Waals surface area contributed by atoms with Crippen LogP contribution in [0.1, 0.15) is 32.5 Å². The standard InChI is InChI=1S/C24H25N5O3S/c1-14-16(3)33-23-19(14)21(30)25-18(26-23)13-28-9-11-29(12-10-28)24(31)20-15(2)32-22(27-20)17-7-5-4-6-8-17/h4-8H,9-13H2,1-3H3,(H,25,26,30). The van der Waals surface area contributed by atoms with E-state index in [4.69, 9.17) is 4.42 Å². The van der Waals surface area contributed by atoms with Crippen LogP contribution in [0.25, 0.3) is 21.7 Å². The first-order valence-corrected chi connectivity index (χ1v) is 11.8. The number of piperazine rings is 1. The van der Waals surface area contributed by atoms with Crippen molar-refractivity contribution in [3.8, 4) is 11.5 Å². The number of amides is 1. The summed E-state index contributed by atoms with van der Waals surface area (Å²) in [6.45, 7) is 8.83. The molecule has 1 amide bonds. The SMILES string of the molecule is Cc1oc(-c2ccccc2)nc1C(=O)N1CCN(Cc2nc3sc(C)c(C)c3c(=O)[nH]2)CC1. The fourth-order valence-corrected chi connectivity index (χ4v) is 5.19. The van der Waals surface area contributed by atoms with Gasteiger partial charge in [0.25, 0.3) is 11.5 Å². The van der Waals surface area contributed by atoms with Gasteiger partial charge in [0.1, 0.15) is 16.4 Å². The molecule has 0 unspecified atom stereocenters. The van der Waals surface area contributed by atoms with Crippen LogP contribution in [0.2, 0.25) is 0 Å². The molecule has 1 saturated heterocycles. The first-order valence-electron chi connectivity index (χ1n) is 10.9. The summed E-state index contributed by atoms with van der Waals surface area (Å²) in [4.78, 5) is 43.6. The molecule has 8 nitrogen and oxygen atoms in total. The molecule has 1 aliphatic heterocycles. The lowest BCUT2D eigenvalue weighted by Crippen LogP contribution is -2.48. The maximum Gasteiger partial charge on any atom is 0.276 e. The number of oxazole rings is 1. The van der Waals surface area contributed by atoms with Crippen LogP contribution in [-0.4, -0.2) is 56.8 Å². The third kappa shape index (κ3) is 4.09. The molecule has 4 aromatic rings. The highest BCUT2D eigenvalue weighted by Crippen LogP contribution is 2.26. The number of carbonyl (C=O) groups excluding carboxylic acids is 1. The van der Waals surface area contributed by atoms with Crippen LogP contribution >= 0.6 is 11.3 Å². The highest BCUT2D eigenvalue weighted by atomic mass is 32.1. The Morgan fingerprint density at radius 2 is 1.82 bits per heavy atom. The van der Waals surface area contributed by atoms with Gasteiger partial charge < -0.3 is 14.3 Å². The smallest absolute Gasteiger partial charge is 0.276 e. The Labute approximate surface area is 194 Å². The Morgan fingerprint density at radius 3 is 2.55 bits per heavy atom. The number of nitrogens with zero attached hydrogens (tertiary/aromatic N) is 4. The zero-order chi connectivity index (χ0) is 23.1. The van der Waals surface area contributed by atoms with Gasteiger partial charge in [-0.3, -0.25) is 14.5 Å². The Bertz CT molecular complexity index is 1380. The van der Waals surface area contributed by atoms with Crippen molar-refractivity contribution in [2.45, 2.75) is 27.3 Å². The summed E-state index contributed by atoms with van der Waals surface area (Å²) in [6.07, 6.45) is 0. The second kappa shape index (κ2) is 8.57. The zero-order valence-corrected chi connectivity index (χ0v) is 19.7. The highest BCUT2D eigenvalue weighted by Gasteiger charge is 2.27. The maximum atomic E-state index is 13.1. The fourth-order valence-electron chi connectivity index (χ4n) is 4.14. The van der Waals surface area contributed by atoms with Gasteiger partial charge >= 0.3 is 0 Å². The van der Waals surface area contributed by atoms with Crippen LogP contribution in [0.5, 0.6) is 0 Å². The Morgan fingerprint density at radius 1 is 1.09 bits per heavy atom. The summed E-state index contributed by atoms with van der Waals surface area (Å²) < 4.78 is 5.76. The van der Waals surface area contributed by atoms with Crippen LogP contribution in [0, 0.1) is 20.8 Å². The number of rotatable bonds is 4. The van der Waals surface area contributed by atoms with Crippen LogP contribution in [0.15, 0.2) is 39.5 Å². The van der Waals surface area contributed by atoms with Crippen molar-refractivity contribution >= 4 is 27.5 Å². The van der Waals surface area contributed by atoms with Crippen molar-refractivity contribution in [3.05, 3.63) is 68.4 Å². The third-order valence-corrected chi connectivity index (χ3v) is 7.24. The molecule has 1 fully saturated rings. The van der Waals surface area contributed by atoms with Crippen LogP contribution in [0.4, 0.5) is 0 Å². The number of hydrogen-bond acceptors (Lipinski definition) is 7. The molecule has 0 bridgehead atoms. The largest absolute Gasteiger partial charge is 0.441 e. The summed E-state index contributed by atoms with van der Waals surface area (Å²) in [5.41, 5.74) is 2.13. The first kappa shape index (κ1) is 21.5. The minimum absolute atomic E-state index is 0.0820. The predicted octanol–water partition coefficient (Wildman–Crippen LogP) is 3.52. The van der Waals surface area contributed by atoms with Crippen molar-refractivity contribution < 1.29 is 9.21 Å². The molecular formula is C24H25N5O3S. The molecule has 1 N–H and O–H groups in total. The van der Waals surface area contributed by atoms with Crippen molar-refractivity contribution in [2.75, 3.05) is 26.2 Å². The van der Waals surface area contributed by atoms with Gasteiger partial charge in [0.2, 0.25) is 5.89 Å². The van der Waals surface area contributed by atoms with E-state index in [9.17, 15) is 9.59 Å². The minimum atomic E-state index is -0.115. The predicted molar refractivity (Wildman–Crippen MR) is 128 cm³/mol. The summed E-state index contributed by atoms with van der Waals surface area (Å²) in [5.74, 6) is 1.53. The molecule has 0 atom stereocenters. The van der Waals surface area contributed by atoms with Crippen molar-refractivity contribution in [3.63, 3.8) is 0 Å². The molecule has 3 aromatic heterocycles. The normalized spacial score (nSPS) is 14.8. The van der Waals surface area contributed by atoms with E-state index in [1.165, 1.54) is 0 Å². The van der Waals surface area contributed by atoms with E-state index in [0.717, 1.165) is 20.8 Å². The summed E-state index contributed by atoms with van der Waals surface area (Å²) in [7, 11) is 0. The molecule has 0 aliphatic carbocycles. The van der Waals surface area contributed by atoms with Gasteiger partial charge in [-0.15, -0.1) is 11.3 Å². The average Bonchev–Trinajstić information content (AvgIpc) is 3.34. The van der Waals surface area contributed by atoms with Crippen LogP contribution < -0.4 is 5.56 Å². The first-order chi connectivity index (χ1) is 15.9. The topological polar surface area (TPSA) is 95.3 Å². The van der Waals surface area contributed by atoms with E-state index < -0.39 is 0 Å². The number of fused-ring (bicyclic) bond motifs is 1. The maximum absolute atomic E-state index is 13.1. The van der Waals surface area contributed by atoms with Crippen LogP contribution in [0.3, 0.4) is 0 Å². The highest BCUT2D eigenvalue weighted by molar-refractivity contribution is 7.18. The molecule has 4 heterocycles. The van der Waals surface area contributed by atoms with Gasteiger partial charge in [0, 0.05) is 36.6 Å². The molecular weight excluding hydrogens is 438 g/mol. The number of aromatic amines is 1. The van der Waals surface area contributed by atoms with E-state index >= 15 is 0 Å². The fraction of sp³-hybridized carbons (Fsp3) is 0.333. The summed E-state index contributed by atoms with van der Waals surface area (Å²) in [5, 5.41) is 0.689. The van der Waals surface area contributed by atoms with E-state index in [1.807, 2.05) is 49.1 Å². The van der Waals surface area contributed by atoms with Crippen molar-refractivity contribution in [1.29, 1.82) is 0 Å². The molecule has 9 heteroatoms. The summed E-state index contributed by atoms with van der Waals surface area (Å²) >= 11 is 1.55. The zero-order valence-electron chi connectivity index (χ0n) is 18.8. The molecule has 0 saturated carbocycles. The van der Waals surface area contributed by atoms with Crippen LogP contribution in [-0.2, 0) is 6.54 Å². The van der Waals surface area contributed by atoms with Gasteiger partial charge in [-0.1, -0.05) is 18.2 Å². The molecule has 5 rings (SSSR count). The number of hydrogen-bond donors (Lipinski definition) is 1. The second-order valence-electron chi connectivity index (χ2n) is 8.33. The van der Waals surface area contributed by atoms with Crippen molar-refractivity contribution in [2.24, 2.45) is 0 Å². The molecule has 33 heavy (non-hydrogen) atoms. The number of thiophene rings is 1. The number of nitrogens with one attached hydrogen (secondary N) is 1. The van der Waals surface area contributed by atoms with Gasteiger partial charge in [-0.05, 0) is 38.5 Å². The lowest BCUT2D eigenvalue weighted by Gasteiger charge is -2.34.